The van der Waals surface area contributed by atoms with Crippen molar-refractivity contribution in [2.24, 2.45) is 0 Å². The molecule has 0 aliphatic heterocycles. The highest BCUT2D eigenvalue weighted by molar-refractivity contribution is 6.08. The van der Waals surface area contributed by atoms with Crippen LogP contribution < -0.4 is 4.74 Å². The van der Waals surface area contributed by atoms with Crippen molar-refractivity contribution in [1.29, 1.82) is 0 Å². The summed E-state index contributed by atoms with van der Waals surface area (Å²) in [5.41, 5.74) is 1.16. The van der Waals surface area contributed by atoms with Gasteiger partial charge in [-0.2, -0.15) is 0 Å². The van der Waals surface area contributed by atoms with E-state index >= 15 is 0 Å². The number of aromatic hydroxyl groups is 2. The molecule has 3 rings (SSSR count). The molecule has 0 bridgehead atoms. The second kappa shape index (κ2) is 6.23. The zero-order valence-electron chi connectivity index (χ0n) is 12.1. The Hall–Kier alpha value is -3.27. The minimum absolute atomic E-state index is 0.0719. The maximum Gasteiger partial charge on any atom is 0.201 e. The van der Waals surface area contributed by atoms with Crippen molar-refractivity contribution in [2.75, 3.05) is 0 Å². The van der Waals surface area contributed by atoms with Gasteiger partial charge in [-0.25, -0.2) is 0 Å². The number of phenolic OH excluding ortho intramolecular Hbond substituents is 2. The van der Waals surface area contributed by atoms with Crippen molar-refractivity contribution >= 4 is 5.78 Å². The number of phenols is 2. The van der Waals surface area contributed by atoms with E-state index in [9.17, 15) is 15.0 Å². The van der Waals surface area contributed by atoms with Gasteiger partial charge in [0.05, 0.1) is 0 Å². The summed E-state index contributed by atoms with van der Waals surface area (Å²) < 4.78 is 5.51. The molecular formula is C19H14O4. The highest BCUT2D eigenvalue weighted by Gasteiger charge is 2.10. The van der Waals surface area contributed by atoms with E-state index in [1.165, 1.54) is 12.1 Å². The minimum Gasteiger partial charge on any atom is -0.504 e. The summed E-state index contributed by atoms with van der Waals surface area (Å²) in [6.45, 7) is 0. The molecule has 0 amide bonds. The lowest BCUT2D eigenvalue weighted by Gasteiger charge is -2.09. The van der Waals surface area contributed by atoms with Crippen LogP contribution in [-0.4, -0.2) is 16.0 Å². The van der Waals surface area contributed by atoms with Crippen LogP contribution in [0.3, 0.4) is 0 Å². The van der Waals surface area contributed by atoms with Gasteiger partial charge in [-0.1, -0.05) is 36.4 Å². The van der Waals surface area contributed by atoms with Gasteiger partial charge in [0.2, 0.25) is 5.75 Å². The maximum atomic E-state index is 12.3. The molecule has 4 heteroatoms. The van der Waals surface area contributed by atoms with Gasteiger partial charge in [-0.15, -0.1) is 0 Å². The second-order valence-corrected chi connectivity index (χ2v) is 4.95. The Morgan fingerprint density at radius 3 is 2.09 bits per heavy atom. The van der Waals surface area contributed by atoms with Crippen LogP contribution in [0.1, 0.15) is 15.9 Å². The molecule has 3 aromatic rings. The summed E-state index contributed by atoms with van der Waals surface area (Å²) in [4.78, 5) is 12.3. The third-order valence-corrected chi connectivity index (χ3v) is 3.36. The molecule has 0 saturated heterocycles. The molecule has 0 aromatic heterocycles. The van der Waals surface area contributed by atoms with Gasteiger partial charge in [0, 0.05) is 11.1 Å². The molecule has 3 aromatic carbocycles. The third-order valence-electron chi connectivity index (χ3n) is 3.36. The van der Waals surface area contributed by atoms with Crippen molar-refractivity contribution in [3.8, 4) is 23.0 Å². The van der Waals surface area contributed by atoms with Gasteiger partial charge >= 0.3 is 0 Å². The molecule has 0 heterocycles. The molecule has 2 N–H and O–H groups in total. The lowest BCUT2D eigenvalue weighted by Crippen LogP contribution is -2.00. The summed E-state index contributed by atoms with van der Waals surface area (Å²) in [6, 6.07) is 20.1. The molecule has 0 atom stereocenters. The van der Waals surface area contributed by atoms with E-state index in [-0.39, 0.29) is 23.0 Å². The van der Waals surface area contributed by atoms with E-state index in [0.29, 0.717) is 16.9 Å². The van der Waals surface area contributed by atoms with Crippen molar-refractivity contribution in [1.82, 2.24) is 0 Å². The van der Waals surface area contributed by atoms with Crippen molar-refractivity contribution in [2.45, 2.75) is 0 Å². The van der Waals surface area contributed by atoms with Gasteiger partial charge in [0.1, 0.15) is 5.75 Å². The molecule has 0 saturated carbocycles. The van der Waals surface area contributed by atoms with Crippen molar-refractivity contribution < 1.29 is 19.7 Å². The average molecular weight is 306 g/mol. The summed E-state index contributed by atoms with van der Waals surface area (Å²) in [5.74, 6) is -0.0460. The summed E-state index contributed by atoms with van der Waals surface area (Å²) in [6.07, 6.45) is 0. The molecule has 23 heavy (non-hydrogen) atoms. The van der Waals surface area contributed by atoms with Crippen LogP contribution in [0.5, 0.6) is 23.0 Å². The lowest BCUT2D eigenvalue weighted by molar-refractivity contribution is 0.103. The standard InChI is InChI=1S/C19H14O4/c20-16-7-4-8-17(19(16)22)23-15-11-9-14(10-12-15)18(21)13-5-2-1-3-6-13/h1-12,20,22H. The van der Waals surface area contributed by atoms with Gasteiger partial charge in [-0.3, -0.25) is 4.79 Å². The Balaban J connectivity index is 1.80. The second-order valence-electron chi connectivity index (χ2n) is 4.95. The zero-order valence-corrected chi connectivity index (χ0v) is 12.1. The minimum atomic E-state index is -0.322. The largest absolute Gasteiger partial charge is 0.504 e. The number of carbonyl (C=O) groups excluding carboxylic acids is 1. The monoisotopic (exact) mass is 306 g/mol. The Kier molecular flexibility index (Phi) is 3.97. The number of carbonyl (C=O) groups is 1. The first kappa shape index (κ1) is 14.7. The van der Waals surface area contributed by atoms with Gasteiger partial charge < -0.3 is 14.9 Å². The first-order valence-corrected chi connectivity index (χ1v) is 7.04. The first-order valence-electron chi connectivity index (χ1n) is 7.04. The van der Waals surface area contributed by atoms with E-state index in [1.807, 2.05) is 18.2 Å². The molecule has 0 spiro atoms. The van der Waals surface area contributed by atoms with Gasteiger partial charge in [-0.05, 0) is 36.4 Å². The first-order chi connectivity index (χ1) is 11.1. The fraction of sp³-hybridized carbons (Fsp3) is 0. The molecule has 0 aliphatic rings. The summed E-state index contributed by atoms with van der Waals surface area (Å²) in [7, 11) is 0. The van der Waals surface area contributed by atoms with Crippen LogP contribution in [0.2, 0.25) is 0 Å². The number of ether oxygens (including phenoxy) is 1. The molecule has 0 fully saturated rings. The van der Waals surface area contributed by atoms with E-state index < -0.39 is 0 Å². The number of benzene rings is 3. The molecule has 0 aliphatic carbocycles. The van der Waals surface area contributed by atoms with Crippen LogP contribution in [0.15, 0.2) is 72.8 Å². The highest BCUT2D eigenvalue weighted by atomic mass is 16.5. The van der Waals surface area contributed by atoms with Crippen LogP contribution in [0.4, 0.5) is 0 Å². The smallest absolute Gasteiger partial charge is 0.201 e. The van der Waals surface area contributed by atoms with Crippen LogP contribution in [0, 0.1) is 0 Å². The number of hydrogen-bond acceptors (Lipinski definition) is 4. The Bertz CT molecular complexity index is 824. The van der Waals surface area contributed by atoms with E-state index in [1.54, 1.807) is 42.5 Å². The Morgan fingerprint density at radius 1 is 0.739 bits per heavy atom. The number of rotatable bonds is 4. The van der Waals surface area contributed by atoms with Crippen LogP contribution in [-0.2, 0) is 0 Å². The number of hydrogen-bond donors (Lipinski definition) is 2. The fourth-order valence-corrected chi connectivity index (χ4v) is 2.15. The summed E-state index contributed by atoms with van der Waals surface area (Å²) in [5, 5.41) is 19.2. The molecule has 0 radical (unpaired) electrons. The van der Waals surface area contributed by atoms with E-state index in [2.05, 4.69) is 0 Å². The predicted octanol–water partition coefficient (Wildman–Crippen LogP) is 4.12. The molecule has 114 valence electrons. The highest BCUT2D eigenvalue weighted by Crippen LogP contribution is 2.37. The Morgan fingerprint density at radius 2 is 1.39 bits per heavy atom. The molecule has 0 unspecified atom stereocenters. The SMILES string of the molecule is O=C(c1ccccc1)c1ccc(Oc2cccc(O)c2O)cc1. The third kappa shape index (κ3) is 3.16. The zero-order chi connectivity index (χ0) is 16.2. The fourth-order valence-electron chi connectivity index (χ4n) is 2.15. The Labute approximate surface area is 133 Å². The quantitative estimate of drug-likeness (QED) is 0.562. The normalized spacial score (nSPS) is 10.3. The van der Waals surface area contributed by atoms with E-state index in [0.717, 1.165) is 0 Å². The van der Waals surface area contributed by atoms with E-state index in [4.69, 9.17) is 4.74 Å². The van der Waals surface area contributed by atoms with Crippen molar-refractivity contribution in [3.05, 3.63) is 83.9 Å². The topological polar surface area (TPSA) is 66.8 Å². The predicted molar refractivity (Wildman–Crippen MR) is 86.2 cm³/mol. The van der Waals surface area contributed by atoms with Crippen LogP contribution >= 0.6 is 0 Å². The van der Waals surface area contributed by atoms with Gasteiger partial charge in [0.15, 0.2) is 17.3 Å². The summed E-state index contributed by atoms with van der Waals surface area (Å²) >= 11 is 0. The van der Waals surface area contributed by atoms with Gasteiger partial charge in [0.25, 0.3) is 0 Å². The van der Waals surface area contributed by atoms with Crippen LogP contribution in [0.25, 0.3) is 0 Å². The number of ketones is 1. The molecular weight excluding hydrogens is 292 g/mol. The average Bonchev–Trinajstić information content (AvgIpc) is 2.60. The van der Waals surface area contributed by atoms with Crippen molar-refractivity contribution in [3.63, 3.8) is 0 Å². The molecule has 4 nitrogen and oxygen atoms in total. The maximum absolute atomic E-state index is 12.3. The lowest BCUT2D eigenvalue weighted by atomic mass is 10.0. The number of para-hydroxylation sites is 1.